The topological polar surface area (TPSA) is 38.7 Å². The zero-order chi connectivity index (χ0) is 19.2. The Morgan fingerprint density at radius 1 is 1.23 bits per heavy atom. The molecule has 0 aromatic heterocycles. The first kappa shape index (κ1) is 19.1. The van der Waals surface area contributed by atoms with Crippen LogP contribution in [-0.2, 0) is 16.0 Å². The summed E-state index contributed by atoms with van der Waals surface area (Å²) >= 11 is 0. The van der Waals surface area contributed by atoms with Crippen molar-refractivity contribution in [3.05, 3.63) is 35.9 Å². The van der Waals surface area contributed by atoms with E-state index in [0.29, 0.717) is 12.3 Å². The van der Waals surface area contributed by atoms with E-state index in [1.807, 2.05) is 39.0 Å². The monoisotopic (exact) mass is 355 g/mol. The number of benzene rings is 1. The van der Waals surface area contributed by atoms with Gasteiger partial charge in [-0.2, -0.15) is 0 Å². The molecule has 2 saturated carbocycles. The van der Waals surface area contributed by atoms with Crippen molar-refractivity contribution in [3.8, 4) is 0 Å². The quantitative estimate of drug-likeness (QED) is 0.694. The molecule has 0 N–H and O–H groups in total. The van der Waals surface area contributed by atoms with Gasteiger partial charge in [0, 0.05) is 17.5 Å². The highest BCUT2D eigenvalue weighted by Gasteiger charge is 2.59. The van der Waals surface area contributed by atoms with Gasteiger partial charge in [-0.25, -0.2) is 4.79 Å². The number of carbonyl (C=O) groups is 1. The molecule has 26 heavy (non-hydrogen) atoms. The van der Waals surface area contributed by atoms with Gasteiger partial charge in [0.25, 0.3) is 0 Å². The molecule has 1 aromatic rings. The summed E-state index contributed by atoms with van der Waals surface area (Å²) in [5, 5.41) is 0. The molecule has 0 radical (unpaired) electrons. The van der Waals surface area contributed by atoms with Crippen molar-refractivity contribution in [2.75, 3.05) is 0 Å². The molecule has 2 aliphatic carbocycles. The molecule has 0 spiro atoms. The van der Waals surface area contributed by atoms with E-state index in [9.17, 15) is 4.79 Å². The maximum absolute atomic E-state index is 12.9. The van der Waals surface area contributed by atoms with Crippen molar-refractivity contribution in [3.63, 3.8) is 0 Å². The summed E-state index contributed by atoms with van der Waals surface area (Å²) in [5.41, 5.74) is 2.22. The summed E-state index contributed by atoms with van der Waals surface area (Å²) < 4.78 is 5.70. The van der Waals surface area contributed by atoms with Crippen LogP contribution in [0.2, 0.25) is 0 Å². The van der Waals surface area contributed by atoms with Gasteiger partial charge in [-0.3, -0.25) is 4.99 Å². The van der Waals surface area contributed by atoms with Crippen LogP contribution in [0.5, 0.6) is 0 Å². The van der Waals surface area contributed by atoms with Gasteiger partial charge in [0.2, 0.25) is 0 Å². The second-order valence-corrected chi connectivity index (χ2v) is 9.81. The van der Waals surface area contributed by atoms with Crippen LogP contribution in [0.4, 0.5) is 0 Å². The summed E-state index contributed by atoms with van der Waals surface area (Å²) in [7, 11) is 0. The summed E-state index contributed by atoms with van der Waals surface area (Å²) in [5.74, 6) is 0.472. The van der Waals surface area contributed by atoms with Gasteiger partial charge < -0.3 is 4.74 Å². The fraction of sp³-hybridized carbons (Fsp3) is 0.652. The maximum Gasteiger partial charge on any atom is 0.331 e. The zero-order valence-electron chi connectivity index (χ0n) is 17.1. The van der Waals surface area contributed by atoms with Crippen molar-refractivity contribution in [1.29, 1.82) is 0 Å². The van der Waals surface area contributed by atoms with Crippen LogP contribution >= 0.6 is 0 Å². The molecule has 0 heterocycles. The van der Waals surface area contributed by atoms with Crippen molar-refractivity contribution < 1.29 is 9.53 Å². The molecule has 1 aromatic carbocycles. The van der Waals surface area contributed by atoms with Crippen LogP contribution in [0.1, 0.15) is 66.4 Å². The Hall–Kier alpha value is -1.64. The third-order valence-electron chi connectivity index (χ3n) is 6.77. The molecule has 3 rings (SSSR count). The molecule has 2 fully saturated rings. The van der Waals surface area contributed by atoms with Gasteiger partial charge in [-0.1, -0.05) is 51.1 Å². The molecule has 0 saturated heterocycles. The Labute approximate surface area is 158 Å². The first-order chi connectivity index (χ1) is 12.0. The predicted octanol–water partition coefficient (Wildman–Crippen LogP) is 5.23. The standard InChI is InChI=1S/C23H33NO2/c1-21(2,3)26-20(25)18(14-16-10-8-7-9-11-16)24-19-15-17-12-13-23(19,6)22(17,4)5/h7-11,17-18H,12-15H2,1-6H3/t17-,18-,23+/m1/s1. The van der Waals surface area contributed by atoms with Crippen molar-refractivity contribution in [1.82, 2.24) is 0 Å². The third kappa shape index (κ3) is 3.45. The lowest BCUT2D eigenvalue weighted by Crippen LogP contribution is -2.36. The number of hydrogen-bond acceptors (Lipinski definition) is 3. The first-order valence-corrected chi connectivity index (χ1v) is 9.87. The number of fused-ring (bicyclic) bond motifs is 2. The lowest BCUT2D eigenvalue weighted by molar-refractivity contribution is -0.156. The first-order valence-electron chi connectivity index (χ1n) is 9.87. The van der Waals surface area contributed by atoms with Gasteiger partial charge in [0.05, 0.1) is 0 Å². The molecule has 3 heteroatoms. The minimum Gasteiger partial charge on any atom is -0.458 e. The predicted molar refractivity (Wildman–Crippen MR) is 106 cm³/mol. The molecule has 142 valence electrons. The zero-order valence-corrected chi connectivity index (χ0v) is 17.1. The van der Waals surface area contributed by atoms with Gasteiger partial charge in [-0.05, 0) is 56.9 Å². The number of hydrogen-bond donors (Lipinski definition) is 0. The molecule has 3 atom stereocenters. The van der Waals surface area contributed by atoms with Crippen LogP contribution in [0.15, 0.2) is 35.3 Å². The van der Waals surface area contributed by atoms with Crippen molar-refractivity contribution in [2.24, 2.45) is 21.7 Å². The molecule has 0 aliphatic heterocycles. The molecule has 0 unspecified atom stereocenters. The fourth-order valence-electron chi connectivity index (χ4n) is 4.70. The number of carbonyl (C=O) groups excluding carboxylic acids is 1. The largest absolute Gasteiger partial charge is 0.458 e. The van der Waals surface area contributed by atoms with Gasteiger partial charge in [0.15, 0.2) is 6.04 Å². The number of aliphatic imine (C=N–C) groups is 1. The van der Waals surface area contributed by atoms with E-state index < -0.39 is 11.6 Å². The van der Waals surface area contributed by atoms with Gasteiger partial charge >= 0.3 is 5.97 Å². The summed E-state index contributed by atoms with van der Waals surface area (Å²) in [4.78, 5) is 17.9. The second kappa shape index (κ2) is 6.51. The second-order valence-electron chi connectivity index (χ2n) is 9.81. The van der Waals surface area contributed by atoms with Crippen LogP contribution in [0.25, 0.3) is 0 Å². The highest BCUT2D eigenvalue weighted by atomic mass is 16.6. The molecule has 2 bridgehead atoms. The number of ether oxygens (including phenoxy) is 1. The van der Waals surface area contributed by atoms with E-state index in [1.54, 1.807) is 0 Å². The number of nitrogens with zero attached hydrogens (tertiary/aromatic N) is 1. The molecule has 3 nitrogen and oxygen atoms in total. The van der Waals surface area contributed by atoms with Crippen LogP contribution in [0.3, 0.4) is 0 Å². The number of rotatable bonds is 4. The van der Waals surface area contributed by atoms with E-state index in [2.05, 4.69) is 32.9 Å². The summed E-state index contributed by atoms with van der Waals surface area (Å²) in [6.45, 7) is 12.8. The van der Waals surface area contributed by atoms with Gasteiger partial charge in [-0.15, -0.1) is 0 Å². The molecular weight excluding hydrogens is 322 g/mol. The van der Waals surface area contributed by atoms with Crippen LogP contribution in [-0.4, -0.2) is 23.3 Å². The Morgan fingerprint density at radius 3 is 2.38 bits per heavy atom. The fourth-order valence-corrected chi connectivity index (χ4v) is 4.70. The molecule has 2 aliphatic rings. The van der Waals surface area contributed by atoms with E-state index >= 15 is 0 Å². The summed E-state index contributed by atoms with van der Waals surface area (Å²) in [6, 6.07) is 9.68. The lowest BCUT2D eigenvalue weighted by Gasteiger charge is -2.35. The smallest absolute Gasteiger partial charge is 0.331 e. The Morgan fingerprint density at radius 2 is 1.88 bits per heavy atom. The third-order valence-corrected chi connectivity index (χ3v) is 6.77. The molecular formula is C23H33NO2. The minimum atomic E-state index is -0.496. The summed E-state index contributed by atoms with van der Waals surface area (Å²) in [6.07, 6.45) is 4.08. The van der Waals surface area contributed by atoms with Crippen molar-refractivity contribution in [2.45, 2.75) is 78.9 Å². The highest BCUT2D eigenvalue weighted by molar-refractivity contribution is 5.96. The average Bonchev–Trinajstić information content (AvgIpc) is 2.87. The normalized spacial score (nSPS) is 29.8. The lowest BCUT2D eigenvalue weighted by atomic mass is 9.70. The average molecular weight is 356 g/mol. The Kier molecular flexibility index (Phi) is 4.79. The Balaban J connectivity index is 1.90. The molecule has 0 amide bonds. The van der Waals surface area contributed by atoms with Crippen LogP contribution < -0.4 is 0 Å². The SMILES string of the molecule is CC(C)(C)OC(=O)[C@@H](Cc1ccccc1)N=C1C[C@H]2CC[C@]1(C)C2(C)C. The minimum absolute atomic E-state index is 0.106. The number of esters is 1. The van der Waals surface area contributed by atoms with E-state index in [4.69, 9.17) is 9.73 Å². The van der Waals surface area contributed by atoms with Gasteiger partial charge in [0.1, 0.15) is 5.60 Å². The highest BCUT2D eigenvalue weighted by Crippen LogP contribution is 2.64. The van der Waals surface area contributed by atoms with E-state index in [-0.39, 0.29) is 16.8 Å². The van der Waals surface area contributed by atoms with Crippen LogP contribution in [0, 0.1) is 16.7 Å². The van der Waals surface area contributed by atoms with E-state index in [0.717, 1.165) is 12.0 Å². The maximum atomic E-state index is 12.9. The Bertz CT molecular complexity index is 699. The van der Waals surface area contributed by atoms with Crippen molar-refractivity contribution >= 4 is 11.7 Å². The van der Waals surface area contributed by atoms with E-state index in [1.165, 1.54) is 18.6 Å².